The van der Waals surface area contributed by atoms with Crippen molar-refractivity contribution < 1.29 is 23.8 Å². The van der Waals surface area contributed by atoms with E-state index in [0.29, 0.717) is 42.1 Å². The highest BCUT2D eigenvalue weighted by Gasteiger charge is 2.44. The Balaban J connectivity index is 1.34. The number of benzene rings is 3. The summed E-state index contributed by atoms with van der Waals surface area (Å²) in [6.45, 7) is 0. The molecule has 1 N–H and O–H groups in total. The molecular weight excluding hydrogens is 383 g/mol. The quantitative estimate of drug-likeness (QED) is 0.558. The van der Waals surface area contributed by atoms with Crippen LogP contribution in [-0.4, -0.2) is 11.1 Å². The number of para-hydroxylation sites is 1. The first-order valence-corrected chi connectivity index (χ1v) is 10.1. The Hall–Kier alpha value is -3.34. The second-order valence-corrected chi connectivity index (χ2v) is 7.85. The average molecular weight is 404 g/mol. The maximum absolute atomic E-state index is 14.7. The number of hydrogen-bond donors (Lipinski definition) is 1. The van der Waals surface area contributed by atoms with Crippen LogP contribution in [0.15, 0.2) is 66.7 Å². The highest BCUT2D eigenvalue weighted by molar-refractivity contribution is 5.75. The summed E-state index contributed by atoms with van der Waals surface area (Å²) in [4.78, 5) is 11.1. The van der Waals surface area contributed by atoms with Crippen molar-refractivity contribution in [2.24, 2.45) is 5.92 Å². The third-order valence-electron chi connectivity index (χ3n) is 5.90. The van der Waals surface area contributed by atoms with E-state index in [9.17, 15) is 9.18 Å². The van der Waals surface area contributed by atoms with Gasteiger partial charge in [-0.15, -0.1) is 0 Å². The number of carboxylic acids is 1. The topological polar surface area (TPSA) is 55.8 Å². The highest BCUT2D eigenvalue weighted by atomic mass is 19.1. The van der Waals surface area contributed by atoms with Gasteiger partial charge in [-0.2, -0.15) is 0 Å². The number of ether oxygens (including phenoxy) is 2. The monoisotopic (exact) mass is 404 g/mol. The summed E-state index contributed by atoms with van der Waals surface area (Å²) >= 11 is 0. The standard InChI is InChI=1S/C25H21FO4/c26-21-11-13-22(29-16-4-2-1-3-5-16)18-10-12-23(24(18)21)30-17-8-6-15(7-9-17)19-14-20(19)25(27)28/h1-9,11,13,19-20,23H,10,12,14H2,(H,27,28)/t19-,20+,23-/m1/s1. The Kier molecular flexibility index (Phi) is 4.66. The summed E-state index contributed by atoms with van der Waals surface area (Å²) in [6.07, 6.45) is 1.66. The van der Waals surface area contributed by atoms with E-state index in [1.807, 2.05) is 54.6 Å². The average Bonchev–Trinajstić information content (AvgIpc) is 3.46. The van der Waals surface area contributed by atoms with Gasteiger partial charge in [0.25, 0.3) is 0 Å². The fourth-order valence-corrected chi connectivity index (χ4v) is 4.27. The Morgan fingerprint density at radius 1 is 0.967 bits per heavy atom. The molecule has 0 radical (unpaired) electrons. The Morgan fingerprint density at radius 2 is 1.73 bits per heavy atom. The Morgan fingerprint density at radius 3 is 2.43 bits per heavy atom. The first-order valence-electron chi connectivity index (χ1n) is 10.1. The molecule has 0 aliphatic heterocycles. The van der Waals surface area contributed by atoms with Gasteiger partial charge in [0, 0.05) is 11.1 Å². The zero-order valence-corrected chi connectivity index (χ0v) is 16.3. The molecule has 3 aromatic carbocycles. The molecule has 1 saturated carbocycles. The van der Waals surface area contributed by atoms with Crippen molar-refractivity contribution >= 4 is 5.97 Å². The number of aliphatic carboxylic acids is 1. The molecule has 3 aromatic rings. The fourth-order valence-electron chi connectivity index (χ4n) is 4.27. The molecule has 5 heteroatoms. The normalized spacial score (nSPS) is 21.7. The second kappa shape index (κ2) is 7.48. The van der Waals surface area contributed by atoms with E-state index in [2.05, 4.69) is 0 Å². The van der Waals surface area contributed by atoms with Gasteiger partial charge in [0.1, 0.15) is 29.2 Å². The lowest BCUT2D eigenvalue weighted by Crippen LogP contribution is -2.06. The molecule has 0 saturated heterocycles. The van der Waals surface area contributed by atoms with Crippen LogP contribution < -0.4 is 9.47 Å². The van der Waals surface area contributed by atoms with E-state index in [4.69, 9.17) is 14.6 Å². The summed E-state index contributed by atoms with van der Waals surface area (Å²) < 4.78 is 26.8. The summed E-state index contributed by atoms with van der Waals surface area (Å²) in [5, 5.41) is 9.09. The van der Waals surface area contributed by atoms with Crippen LogP contribution in [0.5, 0.6) is 17.2 Å². The van der Waals surface area contributed by atoms with Crippen LogP contribution in [-0.2, 0) is 11.2 Å². The second-order valence-electron chi connectivity index (χ2n) is 7.85. The van der Waals surface area contributed by atoms with Crippen LogP contribution in [0.25, 0.3) is 0 Å². The van der Waals surface area contributed by atoms with E-state index in [1.165, 1.54) is 6.07 Å². The van der Waals surface area contributed by atoms with E-state index >= 15 is 0 Å². The molecule has 1 fully saturated rings. The van der Waals surface area contributed by atoms with Crippen LogP contribution in [0.2, 0.25) is 0 Å². The molecule has 0 amide bonds. The molecule has 0 heterocycles. The lowest BCUT2D eigenvalue weighted by atomic mass is 10.1. The number of rotatable bonds is 6. The van der Waals surface area contributed by atoms with Gasteiger partial charge in [0.05, 0.1) is 5.92 Å². The zero-order valence-electron chi connectivity index (χ0n) is 16.3. The third kappa shape index (κ3) is 3.52. The van der Waals surface area contributed by atoms with Gasteiger partial charge in [-0.25, -0.2) is 4.39 Å². The van der Waals surface area contributed by atoms with E-state index in [1.54, 1.807) is 6.07 Å². The molecule has 4 nitrogen and oxygen atoms in total. The van der Waals surface area contributed by atoms with Crippen LogP contribution in [0, 0.1) is 11.7 Å². The SMILES string of the molecule is O=C(O)[C@H]1C[C@@H]1c1ccc(O[C@@H]2CCc3c(Oc4ccccc4)ccc(F)c32)cc1. The van der Waals surface area contributed by atoms with Gasteiger partial charge in [-0.05, 0) is 67.1 Å². The molecular formula is C25H21FO4. The minimum absolute atomic E-state index is 0.0823. The van der Waals surface area contributed by atoms with Crippen LogP contribution in [0.1, 0.15) is 41.6 Å². The zero-order chi connectivity index (χ0) is 20.7. The first-order chi connectivity index (χ1) is 14.6. The number of fused-ring (bicyclic) bond motifs is 1. The van der Waals surface area contributed by atoms with Gasteiger partial charge in [0.15, 0.2) is 0 Å². The smallest absolute Gasteiger partial charge is 0.307 e. The summed E-state index contributed by atoms with van der Waals surface area (Å²) in [5.41, 5.74) is 2.41. The number of carbonyl (C=O) groups is 1. The molecule has 0 spiro atoms. The van der Waals surface area contributed by atoms with Gasteiger partial charge in [0.2, 0.25) is 0 Å². The van der Waals surface area contributed by atoms with E-state index in [0.717, 1.165) is 11.1 Å². The molecule has 5 rings (SSSR count). The molecule has 0 unspecified atom stereocenters. The third-order valence-corrected chi connectivity index (χ3v) is 5.90. The minimum Gasteiger partial charge on any atom is -0.486 e. The van der Waals surface area contributed by atoms with E-state index in [-0.39, 0.29) is 23.8 Å². The summed E-state index contributed by atoms with van der Waals surface area (Å²) in [5.74, 6) is 0.796. The van der Waals surface area contributed by atoms with Crippen molar-refractivity contribution in [2.45, 2.75) is 31.3 Å². The van der Waals surface area contributed by atoms with Crippen LogP contribution in [0.4, 0.5) is 4.39 Å². The molecule has 30 heavy (non-hydrogen) atoms. The van der Waals surface area contributed by atoms with Gasteiger partial charge in [-0.1, -0.05) is 30.3 Å². The highest BCUT2D eigenvalue weighted by Crippen LogP contribution is 2.48. The van der Waals surface area contributed by atoms with Gasteiger partial charge >= 0.3 is 5.97 Å². The lowest BCUT2D eigenvalue weighted by molar-refractivity contribution is -0.138. The lowest BCUT2D eigenvalue weighted by Gasteiger charge is -2.17. The van der Waals surface area contributed by atoms with Crippen LogP contribution >= 0.6 is 0 Å². The number of hydrogen-bond acceptors (Lipinski definition) is 3. The van der Waals surface area contributed by atoms with Crippen molar-refractivity contribution in [2.75, 3.05) is 0 Å². The van der Waals surface area contributed by atoms with Crippen molar-refractivity contribution in [1.82, 2.24) is 0 Å². The predicted molar refractivity (Wildman–Crippen MR) is 110 cm³/mol. The number of carboxylic acid groups (broad SMARTS) is 1. The van der Waals surface area contributed by atoms with Crippen molar-refractivity contribution in [3.8, 4) is 17.2 Å². The molecule has 152 valence electrons. The largest absolute Gasteiger partial charge is 0.486 e. The molecule has 2 aliphatic rings. The molecule has 3 atom stereocenters. The summed E-state index contributed by atoms with van der Waals surface area (Å²) in [7, 11) is 0. The van der Waals surface area contributed by atoms with Crippen LogP contribution in [0.3, 0.4) is 0 Å². The Labute approximate surface area is 173 Å². The maximum Gasteiger partial charge on any atom is 0.307 e. The fraction of sp³-hybridized carbons (Fsp3) is 0.240. The Bertz CT molecular complexity index is 1080. The van der Waals surface area contributed by atoms with Crippen molar-refractivity contribution in [3.63, 3.8) is 0 Å². The molecule has 0 aromatic heterocycles. The molecule has 0 bridgehead atoms. The molecule has 2 aliphatic carbocycles. The summed E-state index contributed by atoms with van der Waals surface area (Å²) in [6, 6.07) is 20.1. The first kappa shape index (κ1) is 18.7. The minimum atomic E-state index is -0.744. The van der Waals surface area contributed by atoms with Crippen molar-refractivity contribution in [3.05, 3.63) is 89.2 Å². The van der Waals surface area contributed by atoms with Gasteiger partial charge in [-0.3, -0.25) is 4.79 Å². The van der Waals surface area contributed by atoms with E-state index < -0.39 is 5.97 Å². The predicted octanol–water partition coefficient (Wildman–Crippen LogP) is 5.87. The van der Waals surface area contributed by atoms with Crippen molar-refractivity contribution in [1.29, 1.82) is 0 Å². The maximum atomic E-state index is 14.7. The number of halogens is 1. The van der Waals surface area contributed by atoms with Gasteiger partial charge < -0.3 is 14.6 Å².